The normalized spacial score (nSPS) is 18.0. The number of hydrogen-bond donors (Lipinski definition) is 4. The number of ether oxygens (including phenoxy) is 2. The Morgan fingerprint density at radius 3 is 2.59 bits per heavy atom. The molecule has 2 aromatic heterocycles. The molecule has 2 rings (SSSR count). The highest BCUT2D eigenvalue weighted by Gasteiger charge is 2.43. The minimum atomic E-state index is -2.62. The lowest BCUT2D eigenvalue weighted by molar-refractivity contribution is -0.172. The molecule has 0 fully saturated rings. The van der Waals surface area contributed by atoms with E-state index in [-0.39, 0.29) is 34.8 Å². The maximum atomic E-state index is 13.1. The topological polar surface area (TPSA) is 157 Å². The molecule has 0 saturated heterocycles. The number of aryl methyl sites for hydroxylation is 1. The second-order valence-electron chi connectivity index (χ2n) is 8.71. The molecule has 32 heavy (non-hydrogen) atoms. The van der Waals surface area contributed by atoms with Gasteiger partial charge in [-0.2, -0.15) is 4.98 Å². The Kier molecular flexibility index (Phi) is 7.07. The number of nitrogen functional groups attached to an aromatic ring is 1. The summed E-state index contributed by atoms with van der Waals surface area (Å²) in [5.41, 5.74) is 2.15. The predicted octanol–water partition coefficient (Wildman–Crippen LogP) is 0.939. The average Bonchev–Trinajstić information content (AvgIpc) is 3.08. The van der Waals surface area contributed by atoms with Crippen molar-refractivity contribution in [3.05, 3.63) is 16.2 Å². The van der Waals surface area contributed by atoms with Crippen molar-refractivity contribution in [2.45, 2.75) is 65.8 Å². The number of aromatic amines is 1. The van der Waals surface area contributed by atoms with Gasteiger partial charge < -0.3 is 25.6 Å². The summed E-state index contributed by atoms with van der Waals surface area (Å²) in [5, 5.41) is 13.1. The van der Waals surface area contributed by atoms with Gasteiger partial charge in [-0.05, 0) is 39.7 Å². The van der Waals surface area contributed by atoms with Crippen LogP contribution in [0.4, 0.5) is 5.95 Å². The Hall–Kier alpha value is -2.50. The van der Waals surface area contributed by atoms with E-state index in [0.29, 0.717) is 0 Å². The zero-order valence-electron chi connectivity index (χ0n) is 21.8. The number of esters is 1. The molecule has 0 bridgehead atoms. The summed E-state index contributed by atoms with van der Waals surface area (Å²) in [5.74, 6) is -0.469. The van der Waals surface area contributed by atoms with Crippen LogP contribution in [0, 0.1) is 18.8 Å². The molecule has 0 aliphatic rings. The number of nitrogens with two attached hydrogens (primary N) is 1. The van der Waals surface area contributed by atoms with Gasteiger partial charge >= 0.3 is 5.97 Å². The Labute approximate surface area is 190 Å². The van der Waals surface area contributed by atoms with Crippen LogP contribution in [0.25, 0.3) is 11.2 Å². The van der Waals surface area contributed by atoms with Crippen LogP contribution in [0.15, 0.2) is 4.79 Å². The van der Waals surface area contributed by atoms with Crippen molar-refractivity contribution in [2.24, 2.45) is 11.8 Å². The molecule has 0 radical (unpaired) electrons. The molecule has 2 aromatic rings. The second-order valence-corrected chi connectivity index (χ2v) is 8.71. The van der Waals surface area contributed by atoms with E-state index in [4.69, 9.17) is 17.9 Å². The fourth-order valence-electron chi connectivity index (χ4n) is 3.82. The Bertz CT molecular complexity index is 1090. The molecule has 0 saturated carbocycles. The zero-order chi connectivity index (χ0) is 26.1. The van der Waals surface area contributed by atoms with E-state index in [0.717, 1.165) is 11.0 Å². The lowest BCUT2D eigenvalue weighted by Gasteiger charge is -2.38. The summed E-state index contributed by atoms with van der Waals surface area (Å²) in [6.07, 6.45) is 0.739. The standard InChI is InChI=1S/C21H36N6O5/c1-8-14(12(2)3)21(6,23-7)18(30)31-10-20(5,9-28)32-11-27-13(4)24-15-16(27)25-19(22)26-17(15)29/h12,14,23,28H,8-11H2,1-7H3,(H3,22,25,26,29)/t14-,20?,21?/m1/s1/i11D2. The number of carbonyl (C=O) groups is 1. The number of hydrogen-bond acceptors (Lipinski definition) is 9. The van der Waals surface area contributed by atoms with Crippen LogP contribution in [0.5, 0.6) is 0 Å². The largest absolute Gasteiger partial charge is 0.461 e. The first-order chi connectivity index (χ1) is 15.7. The van der Waals surface area contributed by atoms with Crippen molar-refractivity contribution in [1.82, 2.24) is 24.8 Å². The number of H-pyrrole nitrogens is 1. The number of nitrogens with zero attached hydrogens (tertiary/aromatic N) is 3. The fraction of sp³-hybridized carbons (Fsp3) is 0.714. The van der Waals surface area contributed by atoms with Gasteiger partial charge in [-0.3, -0.25) is 19.1 Å². The highest BCUT2D eigenvalue weighted by molar-refractivity contribution is 5.81. The van der Waals surface area contributed by atoms with Crippen molar-refractivity contribution in [3.8, 4) is 0 Å². The smallest absolute Gasteiger partial charge is 0.326 e. The third-order valence-corrected chi connectivity index (χ3v) is 5.86. The number of likely N-dealkylation sites (N-methyl/N-ethyl adjacent to an activating group) is 1. The lowest BCUT2D eigenvalue weighted by Crippen LogP contribution is -2.56. The van der Waals surface area contributed by atoms with Gasteiger partial charge in [0.15, 0.2) is 11.2 Å². The molecule has 2 unspecified atom stereocenters. The third kappa shape index (κ3) is 5.11. The average molecular weight is 455 g/mol. The Balaban J connectivity index is 2.33. The van der Waals surface area contributed by atoms with Crippen LogP contribution < -0.4 is 16.6 Å². The van der Waals surface area contributed by atoms with Crippen LogP contribution in [0.1, 0.15) is 49.6 Å². The van der Waals surface area contributed by atoms with E-state index in [2.05, 4.69) is 20.3 Å². The van der Waals surface area contributed by atoms with Crippen LogP contribution in [0.2, 0.25) is 0 Å². The SMILES string of the molecule is [2H]C([2H])(OC(C)(CO)COC(=O)C(C)(NC)[C@H](CC)C(C)C)n1c(C)nc2c(=O)[nH]c(N)nc21. The number of imidazole rings is 1. The van der Waals surface area contributed by atoms with Gasteiger partial charge in [0.2, 0.25) is 5.95 Å². The number of nitrogens with one attached hydrogen (secondary N) is 2. The summed E-state index contributed by atoms with van der Waals surface area (Å²) in [6.45, 7) is 7.00. The van der Waals surface area contributed by atoms with Crippen LogP contribution in [0.3, 0.4) is 0 Å². The summed E-state index contributed by atoms with van der Waals surface area (Å²) in [7, 11) is 1.68. The van der Waals surface area contributed by atoms with Gasteiger partial charge in [-0.1, -0.05) is 27.2 Å². The maximum Gasteiger partial charge on any atom is 0.326 e. The first-order valence-electron chi connectivity index (χ1n) is 11.6. The van der Waals surface area contributed by atoms with Crippen molar-refractivity contribution < 1.29 is 22.1 Å². The van der Waals surface area contributed by atoms with Crippen molar-refractivity contribution in [1.29, 1.82) is 0 Å². The fourth-order valence-corrected chi connectivity index (χ4v) is 3.82. The highest BCUT2D eigenvalue weighted by Crippen LogP contribution is 2.29. The number of aliphatic hydroxyl groups is 1. The number of carbonyl (C=O) groups excluding carboxylic acids is 1. The monoisotopic (exact) mass is 454 g/mol. The minimum absolute atomic E-state index is 0.0210. The highest BCUT2D eigenvalue weighted by atomic mass is 16.6. The van der Waals surface area contributed by atoms with Gasteiger partial charge in [-0.15, -0.1) is 0 Å². The number of aliphatic hydroxyl groups excluding tert-OH is 1. The molecule has 3 atom stereocenters. The number of aromatic nitrogens is 4. The molecule has 0 aliphatic carbocycles. The van der Waals surface area contributed by atoms with E-state index in [1.54, 1.807) is 14.0 Å². The summed E-state index contributed by atoms with van der Waals surface area (Å²) in [4.78, 5) is 35.6. The number of fused-ring (bicyclic) bond motifs is 1. The predicted molar refractivity (Wildman–Crippen MR) is 121 cm³/mol. The van der Waals surface area contributed by atoms with Crippen LogP contribution >= 0.6 is 0 Å². The lowest BCUT2D eigenvalue weighted by atomic mass is 9.76. The van der Waals surface area contributed by atoms with Gasteiger partial charge in [0.25, 0.3) is 5.56 Å². The Morgan fingerprint density at radius 1 is 1.41 bits per heavy atom. The van der Waals surface area contributed by atoms with E-state index in [9.17, 15) is 14.7 Å². The first-order valence-corrected chi connectivity index (χ1v) is 10.6. The molecule has 11 nitrogen and oxygen atoms in total. The van der Waals surface area contributed by atoms with E-state index in [1.165, 1.54) is 13.8 Å². The summed E-state index contributed by atoms with van der Waals surface area (Å²) < 4.78 is 29.2. The molecule has 0 amide bonds. The van der Waals surface area contributed by atoms with Gasteiger partial charge in [0, 0.05) is 0 Å². The Morgan fingerprint density at radius 2 is 2.06 bits per heavy atom. The zero-order valence-corrected chi connectivity index (χ0v) is 19.8. The summed E-state index contributed by atoms with van der Waals surface area (Å²) in [6, 6.07) is 0. The molecule has 5 N–H and O–H groups in total. The van der Waals surface area contributed by atoms with Crippen LogP contribution in [-0.2, 0) is 21.0 Å². The molecule has 0 aliphatic heterocycles. The van der Waals surface area contributed by atoms with Gasteiger partial charge in [-0.25, -0.2) is 4.98 Å². The van der Waals surface area contributed by atoms with Crippen molar-refractivity contribution in [3.63, 3.8) is 0 Å². The quantitative estimate of drug-likeness (QED) is 0.363. The van der Waals surface area contributed by atoms with Crippen LogP contribution in [-0.4, -0.2) is 62.0 Å². The molecule has 2 heterocycles. The van der Waals surface area contributed by atoms with E-state index < -0.39 is 42.6 Å². The molecule has 0 aromatic carbocycles. The van der Waals surface area contributed by atoms with Crippen molar-refractivity contribution in [2.75, 3.05) is 26.0 Å². The first kappa shape index (κ1) is 22.7. The third-order valence-electron chi connectivity index (χ3n) is 5.86. The molecule has 180 valence electrons. The molecule has 11 heteroatoms. The number of rotatable bonds is 11. The number of anilines is 1. The van der Waals surface area contributed by atoms with Gasteiger partial charge in [0.05, 0.1) is 9.35 Å². The van der Waals surface area contributed by atoms with Gasteiger partial charge in [0.1, 0.15) is 30.3 Å². The summed E-state index contributed by atoms with van der Waals surface area (Å²) >= 11 is 0. The van der Waals surface area contributed by atoms with E-state index in [1.807, 2.05) is 20.8 Å². The van der Waals surface area contributed by atoms with Crippen molar-refractivity contribution >= 4 is 23.1 Å². The van der Waals surface area contributed by atoms with E-state index >= 15 is 0 Å². The second kappa shape index (κ2) is 9.97. The minimum Gasteiger partial charge on any atom is -0.461 e. The maximum absolute atomic E-state index is 13.1. The molecular weight excluding hydrogens is 416 g/mol. The molecular formula is C21H36N6O5. The molecule has 0 spiro atoms.